The Morgan fingerprint density at radius 2 is 1.85 bits per heavy atom. The third-order valence-electron chi connectivity index (χ3n) is 2.17. The van der Waals surface area contributed by atoms with Crippen LogP contribution in [-0.4, -0.2) is 7.11 Å². The fraction of sp³-hybridized carbons (Fsp3) is 0.0833. The Bertz CT molecular complexity index is 432. The number of hydrogen-bond acceptors (Lipinski definition) is 1. The number of ether oxygens (including phenoxy) is 1. The molecule has 1 nitrogen and oxygen atoms in total. The lowest BCUT2D eigenvalue weighted by Gasteiger charge is -2.07. The van der Waals surface area contributed by atoms with Gasteiger partial charge in [-0.05, 0) is 17.9 Å². The van der Waals surface area contributed by atoms with Crippen LogP contribution >= 0.6 is 0 Å². The molecule has 2 aromatic rings. The molecule has 0 aliphatic carbocycles. The normalized spacial score (nSPS) is 10.3. The largest absolute Gasteiger partial charge is 0.496 e. The molecule has 0 unspecified atom stereocenters. The summed E-state index contributed by atoms with van der Waals surface area (Å²) in [6.07, 6.45) is 0. The van der Waals surface area contributed by atoms with Crippen LogP contribution in [-0.2, 0) is 0 Å². The van der Waals surface area contributed by atoms with Crippen molar-refractivity contribution in [2.75, 3.05) is 7.11 Å². The third-order valence-corrected chi connectivity index (χ3v) is 2.17. The molecule has 0 aromatic heterocycles. The van der Waals surface area contributed by atoms with Crippen LogP contribution in [0.1, 0.15) is 5.56 Å². The first kappa shape index (κ1) is 8.11. The molecule has 0 amide bonds. The van der Waals surface area contributed by atoms with Gasteiger partial charge in [0.05, 0.1) is 7.11 Å². The van der Waals surface area contributed by atoms with Gasteiger partial charge in [-0.15, -0.1) is 0 Å². The predicted molar refractivity (Wildman–Crippen MR) is 55.0 cm³/mol. The lowest BCUT2D eigenvalue weighted by molar-refractivity contribution is 0.418. The second-order valence-electron chi connectivity index (χ2n) is 2.98. The van der Waals surface area contributed by atoms with Crippen LogP contribution in [0.25, 0.3) is 10.8 Å². The highest BCUT2D eigenvalue weighted by Gasteiger charge is 2.02. The van der Waals surface area contributed by atoms with Crippen LogP contribution in [0.4, 0.5) is 0 Å². The number of fused-ring (bicyclic) bond motifs is 1. The Morgan fingerprint density at radius 1 is 1.08 bits per heavy atom. The Balaban J connectivity index is 2.84. The summed E-state index contributed by atoms with van der Waals surface area (Å²) in [5.41, 5.74) is 0.932. The van der Waals surface area contributed by atoms with Crippen LogP contribution < -0.4 is 4.74 Å². The van der Waals surface area contributed by atoms with Crippen molar-refractivity contribution in [2.24, 2.45) is 0 Å². The molecule has 0 aliphatic rings. The van der Waals surface area contributed by atoms with E-state index in [0.717, 1.165) is 16.7 Å². The summed E-state index contributed by atoms with van der Waals surface area (Å²) in [6.45, 7) is 3.92. The van der Waals surface area contributed by atoms with Crippen molar-refractivity contribution < 1.29 is 4.74 Å². The first-order chi connectivity index (χ1) is 6.33. The van der Waals surface area contributed by atoms with Gasteiger partial charge >= 0.3 is 0 Å². The Morgan fingerprint density at radius 3 is 2.62 bits per heavy atom. The van der Waals surface area contributed by atoms with E-state index in [4.69, 9.17) is 4.74 Å². The van der Waals surface area contributed by atoms with Gasteiger partial charge in [0.1, 0.15) is 5.75 Å². The monoisotopic (exact) mass is 171 g/mol. The first-order valence-corrected chi connectivity index (χ1v) is 4.20. The summed E-state index contributed by atoms with van der Waals surface area (Å²) >= 11 is 0. The van der Waals surface area contributed by atoms with Crippen LogP contribution in [0.15, 0.2) is 36.4 Å². The van der Waals surface area contributed by atoms with Gasteiger partial charge in [-0.25, -0.2) is 0 Å². The predicted octanol–water partition coefficient (Wildman–Crippen LogP) is 3.03. The molecule has 1 heteroatoms. The van der Waals surface area contributed by atoms with E-state index in [1.54, 1.807) is 7.11 Å². The molecule has 0 bridgehead atoms. The number of methoxy groups -OCH3 is 1. The van der Waals surface area contributed by atoms with Gasteiger partial charge in [0.25, 0.3) is 0 Å². The van der Waals surface area contributed by atoms with Crippen molar-refractivity contribution in [2.45, 2.75) is 0 Å². The van der Waals surface area contributed by atoms with Crippen molar-refractivity contribution in [1.82, 2.24) is 0 Å². The highest BCUT2D eigenvalue weighted by atomic mass is 16.5. The standard InChI is InChI=1S/C12H11O/c1-9-7-8-10-5-3-4-6-11(10)12(9)13-2/h3-8H,1H2,2H3. The Hall–Kier alpha value is -1.50. The lowest BCUT2D eigenvalue weighted by Crippen LogP contribution is -1.88. The van der Waals surface area contributed by atoms with E-state index in [9.17, 15) is 0 Å². The van der Waals surface area contributed by atoms with Gasteiger partial charge in [0.15, 0.2) is 0 Å². The van der Waals surface area contributed by atoms with Gasteiger partial charge in [0.2, 0.25) is 0 Å². The minimum atomic E-state index is 0.873. The minimum absolute atomic E-state index is 0.873. The molecule has 1 radical (unpaired) electrons. The summed E-state index contributed by atoms with van der Waals surface area (Å²) in [4.78, 5) is 0. The van der Waals surface area contributed by atoms with Crippen molar-refractivity contribution in [1.29, 1.82) is 0 Å². The van der Waals surface area contributed by atoms with Gasteiger partial charge in [-0.2, -0.15) is 0 Å². The molecule has 13 heavy (non-hydrogen) atoms. The molecule has 2 rings (SSSR count). The fourth-order valence-corrected chi connectivity index (χ4v) is 1.53. The van der Waals surface area contributed by atoms with Gasteiger partial charge < -0.3 is 4.74 Å². The van der Waals surface area contributed by atoms with Crippen LogP contribution in [0.3, 0.4) is 0 Å². The third kappa shape index (κ3) is 1.26. The van der Waals surface area contributed by atoms with Crippen LogP contribution in [0.2, 0.25) is 0 Å². The fourth-order valence-electron chi connectivity index (χ4n) is 1.53. The molecule has 0 saturated carbocycles. The summed E-state index contributed by atoms with van der Waals surface area (Å²) in [5, 5.41) is 2.31. The zero-order valence-corrected chi connectivity index (χ0v) is 7.58. The summed E-state index contributed by atoms with van der Waals surface area (Å²) in [7, 11) is 1.68. The van der Waals surface area contributed by atoms with Crippen molar-refractivity contribution >= 4 is 10.8 Å². The lowest BCUT2D eigenvalue weighted by atomic mass is 10.1. The number of benzene rings is 2. The van der Waals surface area contributed by atoms with Crippen molar-refractivity contribution in [3.8, 4) is 5.75 Å². The molecule has 0 spiro atoms. The quantitative estimate of drug-likeness (QED) is 0.640. The topological polar surface area (TPSA) is 9.23 Å². The molecular formula is C12H11O. The Labute approximate surface area is 78.0 Å². The highest BCUT2D eigenvalue weighted by molar-refractivity contribution is 5.89. The highest BCUT2D eigenvalue weighted by Crippen LogP contribution is 2.28. The smallest absolute Gasteiger partial charge is 0.129 e. The van der Waals surface area contributed by atoms with E-state index >= 15 is 0 Å². The maximum absolute atomic E-state index is 5.30. The zero-order valence-electron chi connectivity index (χ0n) is 7.58. The molecule has 0 fully saturated rings. The van der Waals surface area contributed by atoms with Crippen LogP contribution in [0, 0.1) is 6.92 Å². The second-order valence-corrected chi connectivity index (χ2v) is 2.98. The molecule has 0 N–H and O–H groups in total. The van der Waals surface area contributed by atoms with E-state index in [1.165, 1.54) is 5.39 Å². The SMILES string of the molecule is [CH2]c1ccc2ccccc2c1OC. The van der Waals surface area contributed by atoms with E-state index in [2.05, 4.69) is 19.1 Å². The maximum Gasteiger partial charge on any atom is 0.129 e. The van der Waals surface area contributed by atoms with Gasteiger partial charge in [0, 0.05) is 5.39 Å². The molecular weight excluding hydrogens is 160 g/mol. The number of rotatable bonds is 1. The van der Waals surface area contributed by atoms with Gasteiger partial charge in [-0.3, -0.25) is 0 Å². The van der Waals surface area contributed by atoms with E-state index in [1.807, 2.05) is 24.3 Å². The second kappa shape index (κ2) is 3.09. The molecule has 0 atom stereocenters. The number of hydrogen-bond donors (Lipinski definition) is 0. The molecule has 0 saturated heterocycles. The summed E-state index contributed by atoms with van der Waals surface area (Å²) in [5.74, 6) is 0.873. The van der Waals surface area contributed by atoms with E-state index in [-0.39, 0.29) is 0 Å². The van der Waals surface area contributed by atoms with Crippen molar-refractivity contribution in [3.05, 3.63) is 48.9 Å². The average molecular weight is 171 g/mol. The zero-order chi connectivity index (χ0) is 9.26. The molecule has 0 aliphatic heterocycles. The molecule has 65 valence electrons. The maximum atomic E-state index is 5.30. The summed E-state index contributed by atoms with van der Waals surface area (Å²) < 4.78 is 5.30. The van der Waals surface area contributed by atoms with E-state index < -0.39 is 0 Å². The Kier molecular flexibility index (Phi) is 1.93. The molecule has 0 heterocycles. The average Bonchev–Trinajstić information content (AvgIpc) is 2.18. The summed E-state index contributed by atoms with van der Waals surface area (Å²) in [6, 6.07) is 12.2. The first-order valence-electron chi connectivity index (χ1n) is 4.20. The van der Waals surface area contributed by atoms with Crippen molar-refractivity contribution in [3.63, 3.8) is 0 Å². The van der Waals surface area contributed by atoms with E-state index in [0.29, 0.717) is 0 Å². The minimum Gasteiger partial charge on any atom is -0.496 e. The molecule has 2 aromatic carbocycles. The van der Waals surface area contributed by atoms with Crippen LogP contribution in [0.5, 0.6) is 5.75 Å². The van der Waals surface area contributed by atoms with Gasteiger partial charge in [-0.1, -0.05) is 36.4 Å².